The van der Waals surface area contributed by atoms with Crippen molar-refractivity contribution in [2.45, 2.75) is 46.0 Å². The van der Waals surface area contributed by atoms with Gasteiger partial charge in [0.1, 0.15) is 0 Å². The van der Waals surface area contributed by atoms with E-state index in [1.807, 2.05) is 6.08 Å². The molecule has 4 rings (SSSR count). The number of ketones is 1. The monoisotopic (exact) mass is 266 g/mol. The van der Waals surface area contributed by atoms with Crippen LogP contribution in [0, 0.1) is 17.3 Å². The number of rotatable bonds is 0. The second-order valence-corrected chi connectivity index (χ2v) is 7.28. The lowest BCUT2D eigenvalue weighted by molar-refractivity contribution is -0.110. The van der Waals surface area contributed by atoms with E-state index >= 15 is 0 Å². The molecular formula is C19H22O. The quantitative estimate of drug-likeness (QED) is 0.630. The molecule has 0 bridgehead atoms. The van der Waals surface area contributed by atoms with Crippen molar-refractivity contribution in [3.63, 3.8) is 0 Å². The van der Waals surface area contributed by atoms with Crippen molar-refractivity contribution in [1.29, 1.82) is 0 Å². The summed E-state index contributed by atoms with van der Waals surface area (Å²) in [5, 5.41) is 0. The highest BCUT2D eigenvalue weighted by Gasteiger charge is 2.43. The molecule has 0 aromatic carbocycles. The van der Waals surface area contributed by atoms with Crippen LogP contribution in [0.25, 0.3) is 0 Å². The number of hydrogen-bond donors (Lipinski definition) is 0. The molecule has 1 nitrogen and oxygen atoms in total. The van der Waals surface area contributed by atoms with Gasteiger partial charge < -0.3 is 0 Å². The molecule has 0 saturated carbocycles. The molecule has 0 aliphatic heterocycles. The maximum atomic E-state index is 11.6. The maximum absolute atomic E-state index is 11.6. The van der Waals surface area contributed by atoms with E-state index in [-0.39, 0.29) is 5.78 Å². The Morgan fingerprint density at radius 1 is 1.25 bits per heavy atom. The predicted molar refractivity (Wildman–Crippen MR) is 81.2 cm³/mol. The first-order valence-corrected chi connectivity index (χ1v) is 7.94. The summed E-state index contributed by atoms with van der Waals surface area (Å²) in [6.45, 7) is 4.81. The molecule has 20 heavy (non-hydrogen) atoms. The predicted octanol–water partition coefficient (Wildman–Crippen LogP) is 4.52. The van der Waals surface area contributed by atoms with E-state index in [0.29, 0.717) is 11.3 Å². The highest BCUT2D eigenvalue weighted by molar-refractivity contribution is 6.01. The van der Waals surface area contributed by atoms with E-state index in [1.165, 1.54) is 24.8 Å². The fourth-order valence-electron chi connectivity index (χ4n) is 4.91. The average molecular weight is 266 g/mol. The van der Waals surface area contributed by atoms with E-state index < -0.39 is 0 Å². The fourth-order valence-corrected chi connectivity index (χ4v) is 4.91. The van der Waals surface area contributed by atoms with Gasteiger partial charge in [-0.1, -0.05) is 37.1 Å². The molecule has 0 heterocycles. The third-order valence-electron chi connectivity index (χ3n) is 5.75. The standard InChI is InChI=1S/C19H22O/c1-12-9-18-17-5-3-13-10-14(20)4-6-15(13)16(17)7-8-19(18,2)11-12/h4,6,9-10,12,15H,3,5,7-8,11H2,1-2H3/t12?,15?,19-/m1/s1. The molecule has 104 valence electrons. The molecule has 0 aromatic rings. The van der Waals surface area contributed by atoms with Gasteiger partial charge in [0.2, 0.25) is 0 Å². The van der Waals surface area contributed by atoms with E-state index in [1.54, 1.807) is 22.8 Å². The van der Waals surface area contributed by atoms with Crippen molar-refractivity contribution in [3.8, 4) is 0 Å². The smallest absolute Gasteiger partial charge is 0.178 e. The molecule has 0 spiro atoms. The van der Waals surface area contributed by atoms with Crippen molar-refractivity contribution >= 4 is 5.78 Å². The number of carbonyl (C=O) groups is 1. The lowest BCUT2D eigenvalue weighted by Crippen LogP contribution is -2.28. The van der Waals surface area contributed by atoms with Crippen molar-refractivity contribution < 1.29 is 4.79 Å². The van der Waals surface area contributed by atoms with Crippen LogP contribution in [0.1, 0.15) is 46.0 Å². The van der Waals surface area contributed by atoms with Gasteiger partial charge in [-0.25, -0.2) is 0 Å². The Balaban J connectivity index is 1.81. The minimum absolute atomic E-state index is 0.176. The number of fused-ring (bicyclic) bond motifs is 4. The number of carbonyl (C=O) groups excluding carboxylic acids is 1. The zero-order chi connectivity index (χ0) is 13.9. The Kier molecular flexibility index (Phi) is 2.52. The Hall–Kier alpha value is -1.37. The second-order valence-electron chi connectivity index (χ2n) is 7.28. The third-order valence-corrected chi connectivity index (χ3v) is 5.75. The summed E-state index contributed by atoms with van der Waals surface area (Å²) in [7, 11) is 0. The molecule has 0 N–H and O–H groups in total. The molecule has 0 aromatic heterocycles. The van der Waals surface area contributed by atoms with Crippen LogP contribution in [0.15, 0.2) is 46.6 Å². The first-order valence-electron chi connectivity index (χ1n) is 7.94. The lowest BCUT2D eigenvalue weighted by Gasteiger charge is -2.41. The van der Waals surface area contributed by atoms with Crippen LogP contribution in [-0.4, -0.2) is 5.78 Å². The van der Waals surface area contributed by atoms with E-state index in [4.69, 9.17) is 0 Å². The highest BCUT2D eigenvalue weighted by atomic mass is 16.1. The van der Waals surface area contributed by atoms with Gasteiger partial charge in [0.05, 0.1) is 0 Å². The SMILES string of the molecule is CC1C=C2C3=C(CC[C@]2(C)C1)C1C=CC(=O)C=C1CC3. The summed E-state index contributed by atoms with van der Waals surface area (Å²) in [6.07, 6.45) is 14.4. The molecule has 2 unspecified atom stereocenters. The maximum Gasteiger partial charge on any atom is 0.178 e. The normalized spacial score (nSPS) is 39.0. The van der Waals surface area contributed by atoms with Crippen molar-refractivity contribution in [2.75, 3.05) is 0 Å². The Bertz CT molecular complexity index is 614. The van der Waals surface area contributed by atoms with Gasteiger partial charge >= 0.3 is 0 Å². The summed E-state index contributed by atoms with van der Waals surface area (Å²) in [5.74, 6) is 1.33. The summed E-state index contributed by atoms with van der Waals surface area (Å²) in [5.41, 5.74) is 6.68. The van der Waals surface area contributed by atoms with Gasteiger partial charge in [-0.15, -0.1) is 0 Å². The van der Waals surface area contributed by atoms with Crippen molar-refractivity contribution in [2.24, 2.45) is 17.3 Å². The fraction of sp³-hybridized carbons (Fsp3) is 0.526. The highest BCUT2D eigenvalue weighted by Crippen LogP contribution is 2.57. The zero-order valence-electron chi connectivity index (χ0n) is 12.4. The van der Waals surface area contributed by atoms with E-state index in [9.17, 15) is 4.79 Å². The van der Waals surface area contributed by atoms with Crippen LogP contribution in [0.4, 0.5) is 0 Å². The number of allylic oxidation sites excluding steroid dienone is 8. The van der Waals surface area contributed by atoms with Crippen LogP contribution in [0.2, 0.25) is 0 Å². The van der Waals surface area contributed by atoms with Gasteiger partial charge in [-0.3, -0.25) is 4.79 Å². The lowest BCUT2D eigenvalue weighted by atomic mass is 9.63. The van der Waals surface area contributed by atoms with Crippen LogP contribution >= 0.6 is 0 Å². The first kappa shape index (κ1) is 12.4. The third kappa shape index (κ3) is 1.65. The molecule has 3 atom stereocenters. The minimum atomic E-state index is 0.176. The Labute approximate surface area is 121 Å². The van der Waals surface area contributed by atoms with Crippen LogP contribution in [0.5, 0.6) is 0 Å². The van der Waals surface area contributed by atoms with Gasteiger partial charge in [-0.05, 0) is 66.7 Å². The van der Waals surface area contributed by atoms with Crippen LogP contribution < -0.4 is 0 Å². The molecular weight excluding hydrogens is 244 g/mol. The molecule has 1 heteroatoms. The van der Waals surface area contributed by atoms with Gasteiger partial charge in [-0.2, -0.15) is 0 Å². The summed E-state index contributed by atoms with van der Waals surface area (Å²) in [6, 6.07) is 0. The summed E-state index contributed by atoms with van der Waals surface area (Å²) < 4.78 is 0. The molecule has 0 amide bonds. The average Bonchev–Trinajstić information content (AvgIpc) is 2.72. The van der Waals surface area contributed by atoms with Crippen LogP contribution in [0.3, 0.4) is 0 Å². The molecule has 0 fully saturated rings. The molecule has 4 aliphatic rings. The van der Waals surface area contributed by atoms with Gasteiger partial charge in [0.25, 0.3) is 0 Å². The molecule has 4 aliphatic carbocycles. The van der Waals surface area contributed by atoms with E-state index in [0.717, 1.165) is 18.8 Å². The minimum Gasteiger partial charge on any atom is -0.290 e. The van der Waals surface area contributed by atoms with Crippen molar-refractivity contribution in [1.82, 2.24) is 0 Å². The molecule has 0 radical (unpaired) electrons. The summed E-state index contributed by atoms with van der Waals surface area (Å²) >= 11 is 0. The van der Waals surface area contributed by atoms with Crippen LogP contribution in [-0.2, 0) is 4.79 Å². The van der Waals surface area contributed by atoms with Crippen molar-refractivity contribution in [3.05, 3.63) is 46.6 Å². The Morgan fingerprint density at radius 2 is 2.10 bits per heavy atom. The van der Waals surface area contributed by atoms with Gasteiger partial charge in [0, 0.05) is 5.92 Å². The zero-order valence-corrected chi connectivity index (χ0v) is 12.4. The van der Waals surface area contributed by atoms with Gasteiger partial charge in [0.15, 0.2) is 5.78 Å². The topological polar surface area (TPSA) is 17.1 Å². The molecule has 0 saturated heterocycles. The van der Waals surface area contributed by atoms with E-state index in [2.05, 4.69) is 26.0 Å². The largest absolute Gasteiger partial charge is 0.290 e. The Morgan fingerprint density at radius 3 is 2.95 bits per heavy atom. The first-order chi connectivity index (χ1) is 9.57. The number of hydrogen-bond acceptors (Lipinski definition) is 1. The summed E-state index contributed by atoms with van der Waals surface area (Å²) in [4.78, 5) is 11.6. The second kappa shape index (κ2) is 4.07.